The van der Waals surface area contributed by atoms with E-state index < -0.39 is 0 Å². The maximum Gasteiger partial charge on any atom is 0.188 e. The number of nitrogens with two attached hydrogens (primary N) is 1. The van der Waals surface area contributed by atoms with Gasteiger partial charge in [0.2, 0.25) is 0 Å². The minimum Gasteiger partial charge on any atom is -0.399 e. The van der Waals surface area contributed by atoms with E-state index in [1.165, 1.54) is 11.3 Å². The molecular weight excluding hydrogens is 304 g/mol. The summed E-state index contributed by atoms with van der Waals surface area (Å²) in [6.07, 6.45) is 1.60. The molecule has 4 nitrogen and oxygen atoms in total. The summed E-state index contributed by atoms with van der Waals surface area (Å²) < 4.78 is 0. The van der Waals surface area contributed by atoms with Crippen LogP contribution < -0.4 is 11.1 Å². The number of aryl methyl sites for hydroxylation is 1. The van der Waals surface area contributed by atoms with Crippen molar-refractivity contribution in [2.45, 2.75) is 6.92 Å². The number of nitrogens with one attached hydrogen (secondary N) is 1. The second-order valence-corrected chi connectivity index (χ2v) is 5.89. The quantitative estimate of drug-likeness (QED) is 0.699. The Hall–Kier alpha value is -2.11. The zero-order chi connectivity index (χ0) is 14.8. The molecule has 2 heterocycles. The molecule has 0 saturated carbocycles. The van der Waals surface area contributed by atoms with Gasteiger partial charge in [0.25, 0.3) is 0 Å². The number of halogens is 1. The predicted molar refractivity (Wildman–Crippen MR) is 89.2 cm³/mol. The fraction of sp³-hybridized carbons (Fsp3) is 0.0667. The summed E-state index contributed by atoms with van der Waals surface area (Å²) in [6.45, 7) is 2.03. The molecule has 21 heavy (non-hydrogen) atoms. The van der Waals surface area contributed by atoms with Crippen LogP contribution >= 0.6 is 22.9 Å². The molecule has 0 spiro atoms. The Morgan fingerprint density at radius 2 is 2.10 bits per heavy atom. The molecule has 0 amide bonds. The molecule has 3 rings (SSSR count). The van der Waals surface area contributed by atoms with Crippen molar-refractivity contribution in [1.82, 2.24) is 9.97 Å². The van der Waals surface area contributed by atoms with Gasteiger partial charge in [-0.25, -0.2) is 9.97 Å². The average molecular weight is 317 g/mol. The number of anilines is 3. The fourth-order valence-electron chi connectivity index (χ4n) is 1.99. The van der Waals surface area contributed by atoms with Crippen LogP contribution in [0.2, 0.25) is 5.02 Å². The highest BCUT2D eigenvalue weighted by Crippen LogP contribution is 2.29. The van der Waals surface area contributed by atoms with E-state index in [4.69, 9.17) is 17.3 Å². The SMILES string of the molecule is Cc1cc(N)ccc1-c1csc(Nc2ccc(Cl)cn2)n1. The van der Waals surface area contributed by atoms with Gasteiger partial charge in [-0.3, -0.25) is 0 Å². The van der Waals surface area contributed by atoms with E-state index in [2.05, 4.69) is 15.3 Å². The Morgan fingerprint density at radius 1 is 1.24 bits per heavy atom. The van der Waals surface area contributed by atoms with Crippen molar-refractivity contribution in [3.63, 3.8) is 0 Å². The monoisotopic (exact) mass is 316 g/mol. The zero-order valence-electron chi connectivity index (χ0n) is 11.3. The van der Waals surface area contributed by atoms with Gasteiger partial charge in [-0.1, -0.05) is 17.7 Å². The number of nitrogen functional groups attached to an aromatic ring is 1. The van der Waals surface area contributed by atoms with Crippen LogP contribution in [0.4, 0.5) is 16.6 Å². The number of thiazole rings is 1. The maximum absolute atomic E-state index is 5.82. The van der Waals surface area contributed by atoms with Gasteiger partial charge < -0.3 is 11.1 Å². The van der Waals surface area contributed by atoms with E-state index in [0.717, 1.165) is 27.6 Å². The third-order valence-electron chi connectivity index (χ3n) is 2.99. The number of benzene rings is 1. The van der Waals surface area contributed by atoms with E-state index in [9.17, 15) is 0 Å². The lowest BCUT2D eigenvalue weighted by atomic mass is 10.1. The van der Waals surface area contributed by atoms with E-state index in [-0.39, 0.29) is 0 Å². The standard InChI is InChI=1S/C15H13ClN4S/c1-9-6-11(17)3-4-12(9)13-8-21-15(19-13)20-14-5-2-10(16)7-18-14/h2-8H,17H2,1H3,(H,18,19,20). The summed E-state index contributed by atoms with van der Waals surface area (Å²) in [5.41, 5.74) is 9.65. The highest BCUT2D eigenvalue weighted by Gasteiger charge is 2.08. The van der Waals surface area contributed by atoms with Gasteiger partial charge in [-0.15, -0.1) is 11.3 Å². The van der Waals surface area contributed by atoms with Crippen LogP contribution in [0, 0.1) is 6.92 Å². The van der Waals surface area contributed by atoms with E-state index >= 15 is 0 Å². The van der Waals surface area contributed by atoms with Crippen molar-refractivity contribution >= 4 is 39.6 Å². The summed E-state index contributed by atoms with van der Waals surface area (Å²) in [5.74, 6) is 0.717. The number of nitrogens with zero attached hydrogens (tertiary/aromatic N) is 2. The summed E-state index contributed by atoms with van der Waals surface area (Å²) in [4.78, 5) is 8.77. The van der Waals surface area contributed by atoms with Crippen LogP contribution in [-0.2, 0) is 0 Å². The largest absolute Gasteiger partial charge is 0.399 e. The summed E-state index contributed by atoms with van der Waals surface area (Å²) in [5, 5.41) is 6.57. The third kappa shape index (κ3) is 3.15. The van der Waals surface area contributed by atoms with E-state index in [1.807, 2.05) is 36.6 Å². The third-order valence-corrected chi connectivity index (χ3v) is 3.97. The summed E-state index contributed by atoms with van der Waals surface area (Å²) >= 11 is 7.35. The number of hydrogen-bond acceptors (Lipinski definition) is 5. The molecule has 2 aromatic heterocycles. The van der Waals surface area contributed by atoms with Gasteiger partial charge in [-0.2, -0.15) is 0 Å². The van der Waals surface area contributed by atoms with Gasteiger partial charge >= 0.3 is 0 Å². The van der Waals surface area contributed by atoms with E-state index in [1.54, 1.807) is 12.3 Å². The van der Waals surface area contributed by atoms with Gasteiger partial charge in [-0.05, 0) is 36.8 Å². The van der Waals surface area contributed by atoms with Crippen LogP contribution in [0.25, 0.3) is 11.3 Å². The normalized spacial score (nSPS) is 10.6. The second kappa shape index (κ2) is 5.71. The highest BCUT2D eigenvalue weighted by atomic mass is 35.5. The minimum atomic E-state index is 0.609. The number of pyridine rings is 1. The Bertz CT molecular complexity index is 768. The first-order valence-corrected chi connectivity index (χ1v) is 7.58. The van der Waals surface area contributed by atoms with Crippen LogP contribution in [-0.4, -0.2) is 9.97 Å². The van der Waals surface area contributed by atoms with Crippen LogP contribution in [0.3, 0.4) is 0 Å². The van der Waals surface area contributed by atoms with Crippen molar-refractivity contribution < 1.29 is 0 Å². The number of rotatable bonds is 3. The number of aromatic nitrogens is 2. The van der Waals surface area contributed by atoms with Crippen molar-refractivity contribution in [1.29, 1.82) is 0 Å². The molecule has 106 valence electrons. The van der Waals surface area contributed by atoms with Crippen LogP contribution in [0.15, 0.2) is 41.9 Å². The van der Waals surface area contributed by atoms with Crippen molar-refractivity contribution in [2.75, 3.05) is 11.1 Å². The van der Waals surface area contributed by atoms with E-state index in [0.29, 0.717) is 10.8 Å². The Labute approximate surface area is 131 Å². The topological polar surface area (TPSA) is 63.8 Å². The molecule has 3 aromatic rings. The van der Waals surface area contributed by atoms with Crippen LogP contribution in [0.5, 0.6) is 0 Å². The fourth-order valence-corrected chi connectivity index (χ4v) is 2.82. The summed E-state index contributed by atoms with van der Waals surface area (Å²) in [7, 11) is 0. The molecule has 0 unspecified atom stereocenters. The molecule has 0 atom stereocenters. The lowest BCUT2D eigenvalue weighted by Crippen LogP contribution is -1.93. The average Bonchev–Trinajstić information content (AvgIpc) is 2.90. The first kappa shape index (κ1) is 13.9. The summed E-state index contributed by atoms with van der Waals surface area (Å²) in [6, 6.07) is 9.43. The second-order valence-electron chi connectivity index (χ2n) is 4.60. The Morgan fingerprint density at radius 3 is 2.81 bits per heavy atom. The highest BCUT2D eigenvalue weighted by molar-refractivity contribution is 7.14. The predicted octanol–water partition coefficient (Wildman–Crippen LogP) is 4.49. The molecule has 6 heteroatoms. The van der Waals surface area contributed by atoms with Gasteiger partial charge in [0.05, 0.1) is 10.7 Å². The molecule has 1 aromatic carbocycles. The number of hydrogen-bond donors (Lipinski definition) is 2. The zero-order valence-corrected chi connectivity index (χ0v) is 12.9. The minimum absolute atomic E-state index is 0.609. The lowest BCUT2D eigenvalue weighted by Gasteiger charge is -2.04. The molecular formula is C15H13ClN4S. The molecule has 0 saturated heterocycles. The Balaban J connectivity index is 1.84. The van der Waals surface area contributed by atoms with Gasteiger partial charge in [0, 0.05) is 22.8 Å². The molecule has 0 aliphatic carbocycles. The van der Waals surface area contributed by atoms with Gasteiger partial charge in [0.15, 0.2) is 5.13 Å². The smallest absolute Gasteiger partial charge is 0.188 e. The maximum atomic E-state index is 5.82. The van der Waals surface area contributed by atoms with Crippen molar-refractivity contribution in [2.24, 2.45) is 0 Å². The van der Waals surface area contributed by atoms with Crippen molar-refractivity contribution in [3.05, 3.63) is 52.5 Å². The molecule has 0 aliphatic heterocycles. The molecule has 0 radical (unpaired) electrons. The first-order chi connectivity index (χ1) is 10.1. The molecule has 3 N–H and O–H groups in total. The first-order valence-electron chi connectivity index (χ1n) is 6.32. The van der Waals surface area contributed by atoms with Crippen molar-refractivity contribution in [3.8, 4) is 11.3 Å². The Kier molecular flexibility index (Phi) is 3.77. The van der Waals surface area contributed by atoms with Crippen LogP contribution in [0.1, 0.15) is 5.56 Å². The lowest BCUT2D eigenvalue weighted by molar-refractivity contribution is 1.28. The van der Waals surface area contributed by atoms with Gasteiger partial charge in [0.1, 0.15) is 5.82 Å². The molecule has 0 bridgehead atoms. The molecule has 0 fully saturated rings. The molecule has 0 aliphatic rings.